The Morgan fingerprint density at radius 1 is 1.54 bits per heavy atom. The van der Waals surface area contributed by atoms with Gasteiger partial charge in [0.25, 0.3) is 0 Å². The molecule has 13 heavy (non-hydrogen) atoms. The molecule has 2 heteroatoms. The van der Waals surface area contributed by atoms with Crippen molar-refractivity contribution in [1.82, 2.24) is 0 Å². The Kier molecular flexibility index (Phi) is 3.62. The minimum Gasteiger partial charge on any atom is -0.303 e. The van der Waals surface area contributed by atoms with E-state index in [0.717, 1.165) is 18.3 Å². The molecule has 0 radical (unpaired) electrons. The summed E-state index contributed by atoms with van der Waals surface area (Å²) in [6.45, 7) is 2.00. The molecule has 1 nitrogen and oxygen atoms in total. The molecule has 0 saturated carbocycles. The third-order valence-corrected chi connectivity index (χ3v) is 2.19. The van der Waals surface area contributed by atoms with Gasteiger partial charge in [-0.25, -0.2) is 4.39 Å². The van der Waals surface area contributed by atoms with E-state index in [9.17, 15) is 9.18 Å². The second kappa shape index (κ2) is 4.75. The number of benzene rings is 1. The Balaban J connectivity index is 2.84. The van der Waals surface area contributed by atoms with Gasteiger partial charge in [0.05, 0.1) is 0 Å². The van der Waals surface area contributed by atoms with E-state index in [1.807, 2.05) is 13.0 Å². The van der Waals surface area contributed by atoms with Gasteiger partial charge in [0.1, 0.15) is 12.1 Å². The van der Waals surface area contributed by atoms with Gasteiger partial charge in [-0.1, -0.05) is 19.1 Å². The molecule has 1 atom stereocenters. The van der Waals surface area contributed by atoms with Gasteiger partial charge in [0.15, 0.2) is 0 Å². The van der Waals surface area contributed by atoms with E-state index in [-0.39, 0.29) is 11.7 Å². The van der Waals surface area contributed by atoms with E-state index in [1.54, 1.807) is 6.07 Å². The summed E-state index contributed by atoms with van der Waals surface area (Å²) in [5, 5.41) is 0. The van der Waals surface area contributed by atoms with Crippen molar-refractivity contribution in [1.29, 1.82) is 0 Å². The number of hydrogen-bond donors (Lipinski definition) is 0. The van der Waals surface area contributed by atoms with Crippen LogP contribution >= 0.6 is 0 Å². The minimum absolute atomic E-state index is 0.160. The predicted octanol–water partition coefficient (Wildman–Crippen LogP) is 2.91. The quantitative estimate of drug-likeness (QED) is 0.651. The first-order valence-electron chi connectivity index (χ1n) is 4.47. The second-order valence-electron chi connectivity index (χ2n) is 3.06. The third-order valence-electron chi connectivity index (χ3n) is 2.19. The molecule has 0 heterocycles. The van der Waals surface area contributed by atoms with Crippen LogP contribution in [0.2, 0.25) is 0 Å². The Labute approximate surface area is 77.6 Å². The molecule has 70 valence electrons. The van der Waals surface area contributed by atoms with E-state index < -0.39 is 0 Å². The lowest BCUT2D eigenvalue weighted by Crippen LogP contribution is -1.98. The Bertz CT molecular complexity index is 283. The summed E-state index contributed by atoms with van der Waals surface area (Å²) in [5.41, 5.74) is 0.912. The summed E-state index contributed by atoms with van der Waals surface area (Å²) in [4.78, 5) is 10.3. The van der Waals surface area contributed by atoms with Crippen LogP contribution in [-0.4, -0.2) is 6.29 Å². The van der Waals surface area contributed by atoms with E-state index in [2.05, 4.69) is 0 Å². The fourth-order valence-electron chi connectivity index (χ4n) is 1.42. The van der Waals surface area contributed by atoms with Crippen LogP contribution in [0.3, 0.4) is 0 Å². The van der Waals surface area contributed by atoms with Gasteiger partial charge < -0.3 is 4.79 Å². The molecule has 1 aromatic rings. The number of aldehydes is 1. The largest absolute Gasteiger partial charge is 0.303 e. The summed E-state index contributed by atoms with van der Waals surface area (Å²) in [6.07, 6.45) is 2.22. The van der Waals surface area contributed by atoms with Gasteiger partial charge in [-0.15, -0.1) is 0 Å². The molecule has 0 aliphatic carbocycles. The molecule has 0 aliphatic heterocycles. The van der Waals surface area contributed by atoms with Crippen molar-refractivity contribution in [2.24, 2.45) is 0 Å². The number of halogens is 1. The lowest BCUT2D eigenvalue weighted by Gasteiger charge is -2.11. The summed E-state index contributed by atoms with van der Waals surface area (Å²) < 4.78 is 12.8. The number of rotatable bonds is 4. The van der Waals surface area contributed by atoms with Crippen LogP contribution in [0, 0.1) is 5.82 Å². The van der Waals surface area contributed by atoms with Crippen molar-refractivity contribution in [2.45, 2.75) is 25.7 Å². The summed E-state index contributed by atoms with van der Waals surface area (Å²) >= 11 is 0. The van der Waals surface area contributed by atoms with Crippen LogP contribution < -0.4 is 0 Å². The van der Waals surface area contributed by atoms with Crippen molar-refractivity contribution in [3.8, 4) is 0 Å². The molecule has 0 bridgehead atoms. The van der Waals surface area contributed by atoms with Gasteiger partial charge in [-0.2, -0.15) is 0 Å². The lowest BCUT2D eigenvalue weighted by atomic mass is 9.94. The zero-order valence-corrected chi connectivity index (χ0v) is 7.66. The van der Waals surface area contributed by atoms with Crippen LogP contribution in [0.4, 0.5) is 4.39 Å². The maximum absolute atomic E-state index is 12.8. The summed E-state index contributed by atoms with van der Waals surface area (Å²) in [6, 6.07) is 6.45. The highest BCUT2D eigenvalue weighted by Gasteiger charge is 2.08. The number of hydrogen-bond acceptors (Lipinski definition) is 1. The van der Waals surface area contributed by atoms with Gasteiger partial charge >= 0.3 is 0 Å². The molecule has 1 aromatic carbocycles. The SMILES string of the molecule is CCC(CC=O)c1cccc(F)c1. The van der Waals surface area contributed by atoms with Gasteiger partial charge in [0, 0.05) is 6.42 Å². The highest BCUT2D eigenvalue weighted by atomic mass is 19.1. The molecule has 0 saturated heterocycles. The third kappa shape index (κ3) is 2.65. The first-order chi connectivity index (χ1) is 6.27. The Hall–Kier alpha value is -1.18. The number of carbonyl (C=O) groups excluding carboxylic acids is 1. The molecule has 0 aromatic heterocycles. The van der Waals surface area contributed by atoms with Crippen molar-refractivity contribution in [3.63, 3.8) is 0 Å². The van der Waals surface area contributed by atoms with E-state index in [4.69, 9.17) is 0 Å². The van der Waals surface area contributed by atoms with Crippen molar-refractivity contribution >= 4 is 6.29 Å². The summed E-state index contributed by atoms with van der Waals surface area (Å²) in [7, 11) is 0. The topological polar surface area (TPSA) is 17.1 Å². The Morgan fingerprint density at radius 2 is 2.31 bits per heavy atom. The predicted molar refractivity (Wildman–Crippen MR) is 50.1 cm³/mol. The summed E-state index contributed by atoms with van der Waals surface area (Å²) in [5.74, 6) is -0.0740. The van der Waals surface area contributed by atoms with Crippen molar-refractivity contribution in [3.05, 3.63) is 35.6 Å². The average molecular weight is 180 g/mol. The lowest BCUT2D eigenvalue weighted by molar-refractivity contribution is -0.108. The smallest absolute Gasteiger partial charge is 0.123 e. The standard InChI is InChI=1S/C11H13FO/c1-2-9(6-7-13)10-4-3-5-11(12)8-10/h3-5,7-9H,2,6H2,1H3. The van der Waals surface area contributed by atoms with Crippen LogP contribution in [0.1, 0.15) is 31.2 Å². The normalized spacial score (nSPS) is 12.5. The van der Waals surface area contributed by atoms with Crippen LogP contribution in [-0.2, 0) is 4.79 Å². The fourth-order valence-corrected chi connectivity index (χ4v) is 1.42. The van der Waals surface area contributed by atoms with Gasteiger partial charge in [-0.3, -0.25) is 0 Å². The molecule has 1 unspecified atom stereocenters. The molecule has 0 N–H and O–H groups in total. The fraction of sp³-hybridized carbons (Fsp3) is 0.364. The van der Waals surface area contributed by atoms with Crippen LogP contribution in [0.25, 0.3) is 0 Å². The average Bonchev–Trinajstić information content (AvgIpc) is 2.14. The van der Waals surface area contributed by atoms with Crippen molar-refractivity contribution in [2.75, 3.05) is 0 Å². The number of carbonyl (C=O) groups is 1. The van der Waals surface area contributed by atoms with E-state index >= 15 is 0 Å². The van der Waals surface area contributed by atoms with Gasteiger partial charge in [0.2, 0.25) is 0 Å². The highest BCUT2D eigenvalue weighted by molar-refractivity contribution is 5.51. The first-order valence-corrected chi connectivity index (χ1v) is 4.47. The van der Waals surface area contributed by atoms with Crippen LogP contribution in [0.15, 0.2) is 24.3 Å². The van der Waals surface area contributed by atoms with Crippen LogP contribution in [0.5, 0.6) is 0 Å². The Morgan fingerprint density at radius 3 is 2.85 bits per heavy atom. The minimum atomic E-state index is -0.234. The first kappa shape index (κ1) is 9.90. The molecular formula is C11H13FO. The molecular weight excluding hydrogens is 167 g/mol. The van der Waals surface area contributed by atoms with E-state index in [1.165, 1.54) is 12.1 Å². The zero-order valence-electron chi connectivity index (χ0n) is 7.66. The van der Waals surface area contributed by atoms with Crippen molar-refractivity contribution < 1.29 is 9.18 Å². The zero-order chi connectivity index (χ0) is 9.68. The molecule has 0 fully saturated rings. The molecule has 1 rings (SSSR count). The maximum atomic E-state index is 12.8. The molecule has 0 spiro atoms. The maximum Gasteiger partial charge on any atom is 0.123 e. The van der Waals surface area contributed by atoms with Gasteiger partial charge in [-0.05, 0) is 30.0 Å². The second-order valence-corrected chi connectivity index (χ2v) is 3.06. The molecule has 0 amide bonds. The monoisotopic (exact) mass is 180 g/mol. The highest BCUT2D eigenvalue weighted by Crippen LogP contribution is 2.22. The van der Waals surface area contributed by atoms with E-state index in [0.29, 0.717) is 6.42 Å². The molecule has 0 aliphatic rings.